The molecule has 1 aromatic rings. The smallest absolute Gasteiger partial charge is 0.185 e. The summed E-state index contributed by atoms with van der Waals surface area (Å²) in [6.45, 7) is 0. The number of aryl methyl sites for hydroxylation is 1. The van der Waals surface area contributed by atoms with E-state index < -0.39 is 0 Å². The number of hydrogen-bond donors (Lipinski definition) is 0. The van der Waals surface area contributed by atoms with Crippen molar-refractivity contribution in [2.24, 2.45) is 24.8 Å². The average molecular weight is 283 g/mol. The first-order valence-electron chi connectivity index (χ1n) is 5.92. The van der Waals surface area contributed by atoms with Gasteiger partial charge in [0.25, 0.3) is 0 Å². The van der Waals surface area contributed by atoms with Crippen LogP contribution in [0.25, 0.3) is 0 Å². The van der Waals surface area contributed by atoms with Crippen molar-refractivity contribution in [3.63, 3.8) is 0 Å². The van der Waals surface area contributed by atoms with Gasteiger partial charge < -0.3 is 0 Å². The minimum Gasteiger partial charge on any atom is -0.292 e. The van der Waals surface area contributed by atoms with Crippen LogP contribution in [0.3, 0.4) is 0 Å². The molecule has 1 aromatic heterocycles. The van der Waals surface area contributed by atoms with Crippen LogP contribution in [0.5, 0.6) is 0 Å². The summed E-state index contributed by atoms with van der Waals surface area (Å²) >= 11 is 3.41. The van der Waals surface area contributed by atoms with Gasteiger partial charge in [-0.25, -0.2) is 0 Å². The van der Waals surface area contributed by atoms with E-state index in [1.54, 1.807) is 10.9 Å². The van der Waals surface area contributed by atoms with Gasteiger partial charge in [0.15, 0.2) is 5.78 Å². The number of carbonyl (C=O) groups is 1. The van der Waals surface area contributed by atoms with Gasteiger partial charge in [-0.2, -0.15) is 5.10 Å². The van der Waals surface area contributed by atoms with E-state index in [-0.39, 0.29) is 5.92 Å². The Bertz CT molecular complexity index is 409. The van der Waals surface area contributed by atoms with Crippen LogP contribution in [0.15, 0.2) is 10.7 Å². The Balaban J connectivity index is 1.84. The van der Waals surface area contributed by atoms with Crippen LogP contribution in [0.2, 0.25) is 0 Å². The molecule has 2 atom stereocenters. The number of aromatic nitrogens is 2. The third-order valence-corrected chi connectivity index (χ3v) is 4.67. The minimum absolute atomic E-state index is 0.286. The number of carbonyl (C=O) groups excluding carboxylic acids is 1. The van der Waals surface area contributed by atoms with E-state index in [1.807, 2.05) is 7.05 Å². The molecule has 0 amide bonds. The molecule has 16 heavy (non-hydrogen) atoms. The fourth-order valence-corrected chi connectivity index (χ4v) is 3.77. The van der Waals surface area contributed by atoms with Gasteiger partial charge in [-0.1, -0.05) is 12.8 Å². The van der Waals surface area contributed by atoms with E-state index in [0.29, 0.717) is 17.6 Å². The second-order valence-corrected chi connectivity index (χ2v) is 5.82. The van der Waals surface area contributed by atoms with Crippen molar-refractivity contribution >= 4 is 21.7 Å². The van der Waals surface area contributed by atoms with Gasteiger partial charge >= 0.3 is 0 Å². The molecule has 0 aromatic carbocycles. The molecule has 0 saturated heterocycles. The van der Waals surface area contributed by atoms with E-state index >= 15 is 0 Å². The molecule has 2 aliphatic carbocycles. The summed E-state index contributed by atoms with van der Waals surface area (Å²) in [5.74, 6) is 1.92. The highest BCUT2D eigenvalue weighted by atomic mass is 79.9. The molecule has 2 saturated carbocycles. The van der Waals surface area contributed by atoms with Crippen LogP contribution in [0, 0.1) is 17.8 Å². The largest absolute Gasteiger partial charge is 0.292 e. The Hall–Kier alpha value is -0.640. The molecule has 3 nitrogen and oxygen atoms in total. The molecule has 4 heteroatoms. The maximum Gasteiger partial charge on any atom is 0.185 e. The first-order valence-corrected chi connectivity index (χ1v) is 6.71. The maximum atomic E-state index is 12.4. The second kappa shape index (κ2) is 3.69. The van der Waals surface area contributed by atoms with Gasteiger partial charge in [-0.05, 0) is 40.6 Å². The molecule has 0 N–H and O–H groups in total. The fraction of sp³-hybridized carbons (Fsp3) is 0.667. The molecule has 0 bridgehead atoms. The monoisotopic (exact) mass is 282 g/mol. The van der Waals surface area contributed by atoms with Gasteiger partial charge in [-0.3, -0.25) is 9.48 Å². The van der Waals surface area contributed by atoms with E-state index in [9.17, 15) is 4.79 Å². The lowest BCUT2D eigenvalue weighted by molar-refractivity contribution is 0.0946. The minimum atomic E-state index is 0.286. The quantitative estimate of drug-likeness (QED) is 0.782. The topological polar surface area (TPSA) is 34.9 Å². The zero-order valence-corrected chi connectivity index (χ0v) is 10.9. The summed E-state index contributed by atoms with van der Waals surface area (Å²) < 4.78 is 2.53. The number of ketones is 1. The zero-order chi connectivity index (χ0) is 11.3. The average Bonchev–Trinajstić information content (AvgIpc) is 2.91. The number of fused-ring (bicyclic) bond motifs is 1. The Kier molecular flexibility index (Phi) is 2.42. The highest BCUT2D eigenvalue weighted by Gasteiger charge is 2.55. The van der Waals surface area contributed by atoms with E-state index in [0.717, 1.165) is 10.2 Å². The first-order chi connectivity index (χ1) is 7.70. The van der Waals surface area contributed by atoms with Crippen molar-refractivity contribution in [3.8, 4) is 0 Å². The Labute approximate surface area is 103 Å². The highest BCUT2D eigenvalue weighted by Crippen LogP contribution is 2.56. The number of halogens is 1. The maximum absolute atomic E-state index is 12.4. The molecule has 1 heterocycles. The Morgan fingerprint density at radius 2 is 2.06 bits per heavy atom. The van der Waals surface area contributed by atoms with Gasteiger partial charge in [0.2, 0.25) is 0 Å². The summed E-state index contributed by atoms with van der Waals surface area (Å²) in [6.07, 6.45) is 6.81. The van der Waals surface area contributed by atoms with Crippen molar-refractivity contribution in [1.82, 2.24) is 9.78 Å². The molecule has 0 aliphatic heterocycles. The molecule has 2 aliphatic rings. The lowest BCUT2D eigenvalue weighted by Crippen LogP contribution is -2.11. The van der Waals surface area contributed by atoms with Gasteiger partial charge in [0, 0.05) is 13.0 Å². The van der Waals surface area contributed by atoms with Crippen LogP contribution in [0.1, 0.15) is 36.2 Å². The van der Waals surface area contributed by atoms with E-state index in [1.165, 1.54) is 25.7 Å². The summed E-state index contributed by atoms with van der Waals surface area (Å²) in [6, 6.07) is 0. The van der Waals surface area contributed by atoms with Crippen molar-refractivity contribution in [3.05, 3.63) is 16.4 Å². The van der Waals surface area contributed by atoms with Crippen molar-refractivity contribution < 1.29 is 4.79 Å². The lowest BCUT2D eigenvalue weighted by Gasteiger charge is -2.04. The molecule has 3 rings (SSSR count). The number of nitrogens with zero attached hydrogens (tertiary/aromatic N) is 2. The normalized spacial score (nSPS) is 32.2. The molecule has 0 radical (unpaired) electrons. The van der Waals surface area contributed by atoms with Crippen LogP contribution in [-0.4, -0.2) is 15.6 Å². The van der Waals surface area contributed by atoms with Crippen LogP contribution in [-0.2, 0) is 7.05 Å². The standard InChI is InChI=1S/C12H15BrN2O/c1-15-11(9(13)6-14-15)12(16)10-7-4-2-3-5-8(7)10/h6-8,10H,2-5H2,1H3. The predicted octanol–water partition coefficient (Wildman–Crippen LogP) is 2.80. The van der Waals surface area contributed by atoms with Gasteiger partial charge in [0.05, 0.1) is 10.7 Å². The van der Waals surface area contributed by atoms with Crippen LogP contribution >= 0.6 is 15.9 Å². The predicted molar refractivity (Wildman–Crippen MR) is 64.2 cm³/mol. The fourth-order valence-electron chi connectivity index (χ4n) is 3.23. The van der Waals surface area contributed by atoms with Crippen molar-refractivity contribution in [2.45, 2.75) is 25.7 Å². The van der Waals surface area contributed by atoms with Crippen molar-refractivity contribution in [2.75, 3.05) is 0 Å². The van der Waals surface area contributed by atoms with Gasteiger partial charge in [0.1, 0.15) is 5.69 Å². The lowest BCUT2D eigenvalue weighted by atomic mass is 10.0. The van der Waals surface area contributed by atoms with Crippen molar-refractivity contribution in [1.29, 1.82) is 0 Å². The van der Waals surface area contributed by atoms with E-state index in [2.05, 4.69) is 21.0 Å². The number of rotatable bonds is 2. The third kappa shape index (κ3) is 1.46. The van der Waals surface area contributed by atoms with Crippen LogP contribution < -0.4 is 0 Å². The second-order valence-electron chi connectivity index (χ2n) is 4.97. The molecular weight excluding hydrogens is 268 g/mol. The number of hydrogen-bond acceptors (Lipinski definition) is 2. The van der Waals surface area contributed by atoms with Gasteiger partial charge in [-0.15, -0.1) is 0 Å². The SMILES string of the molecule is Cn1ncc(Br)c1C(=O)C1C2CCCCC21. The van der Waals surface area contributed by atoms with Crippen LogP contribution in [0.4, 0.5) is 0 Å². The molecule has 0 spiro atoms. The molecule has 2 unspecified atom stereocenters. The third-order valence-electron chi connectivity index (χ3n) is 4.09. The first kappa shape index (κ1) is 10.5. The number of Topliss-reactive ketones (excluding diaryl/α,β-unsaturated/α-hetero) is 1. The summed E-state index contributed by atoms with van der Waals surface area (Å²) in [7, 11) is 1.84. The molecule has 86 valence electrons. The Morgan fingerprint density at radius 1 is 1.44 bits per heavy atom. The summed E-state index contributed by atoms with van der Waals surface area (Å²) in [5.41, 5.74) is 0.749. The molecular formula is C12H15BrN2O. The van der Waals surface area contributed by atoms with E-state index in [4.69, 9.17) is 0 Å². The Morgan fingerprint density at radius 3 is 2.56 bits per heavy atom. The summed E-state index contributed by atoms with van der Waals surface area (Å²) in [4.78, 5) is 12.4. The molecule has 2 fully saturated rings. The zero-order valence-electron chi connectivity index (χ0n) is 9.32. The summed E-state index contributed by atoms with van der Waals surface area (Å²) in [5, 5.41) is 4.11. The highest BCUT2D eigenvalue weighted by molar-refractivity contribution is 9.10.